The molecule has 0 saturated carbocycles. The summed E-state index contributed by atoms with van der Waals surface area (Å²) in [6.07, 6.45) is 2.34. The van der Waals surface area contributed by atoms with E-state index in [1.165, 1.54) is 22.6 Å². The summed E-state index contributed by atoms with van der Waals surface area (Å²) in [7, 11) is -2.25. The highest BCUT2D eigenvalue weighted by atomic mass is 35.5. The molecule has 2 aromatic rings. The van der Waals surface area contributed by atoms with Gasteiger partial charge in [0.25, 0.3) is 0 Å². The molecule has 0 spiro atoms. The molecule has 0 radical (unpaired) electrons. The van der Waals surface area contributed by atoms with Gasteiger partial charge in [-0.3, -0.25) is 4.79 Å². The second-order valence-electron chi connectivity index (χ2n) is 6.14. The Morgan fingerprint density at radius 2 is 2.08 bits per heavy atom. The highest BCUT2D eigenvalue weighted by Crippen LogP contribution is 2.29. The van der Waals surface area contributed by atoms with Gasteiger partial charge in [0.1, 0.15) is 15.8 Å². The van der Waals surface area contributed by atoms with Gasteiger partial charge in [0, 0.05) is 18.3 Å². The van der Waals surface area contributed by atoms with Gasteiger partial charge in [0.05, 0.1) is 13.2 Å². The third kappa shape index (κ3) is 3.47. The number of rotatable bonds is 5. The van der Waals surface area contributed by atoms with Crippen molar-refractivity contribution in [2.24, 2.45) is 0 Å². The number of nitrogens with zero attached hydrogens (tertiary/aromatic N) is 2. The van der Waals surface area contributed by atoms with E-state index in [4.69, 9.17) is 16.3 Å². The first-order valence-corrected chi connectivity index (χ1v) is 9.98. The fourth-order valence-electron chi connectivity index (χ4n) is 3.16. The van der Waals surface area contributed by atoms with Gasteiger partial charge in [-0.25, -0.2) is 13.4 Å². The lowest BCUT2D eigenvalue weighted by Crippen LogP contribution is -2.40. The number of benzene rings is 1. The molecule has 1 unspecified atom stereocenters. The molecule has 1 aliphatic heterocycles. The number of aromatic nitrogens is 1. The number of hydrogen-bond acceptors (Lipinski definition) is 5. The van der Waals surface area contributed by atoms with Gasteiger partial charge in [-0.1, -0.05) is 11.6 Å². The first kappa shape index (κ1) is 18.8. The average molecular weight is 395 g/mol. The van der Waals surface area contributed by atoms with Gasteiger partial charge in [-0.05, 0) is 55.7 Å². The summed E-state index contributed by atoms with van der Waals surface area (Å²) in [6, 6.07) is 7.23. The van der Waals surface area contributed by atoms with Crippen LogP contribution in [0.1, 0.15) is 28.8 Å². The number of methoxy groups -OCH3 is 1. The zero-order valence-corrected chi connectivity index (χ0v) is 16.0. The third-order valence-corrected chi connectivity index (χ3v) is 6.61. The molecular weight excluding hydrogens is 376 g/mol. The van der Waals surface area contributed by atoms with Crippen molar-refractivity contribution in [1.29, 1.82) is 0 Å². The number of carbonyl (C=O) groups is 1. The minimum absolute atomic E-state index is 0.0347. The third-order valence-electron chi connectivity index (χ3n) is 4.49. The van der Waals surface area contributed by atoms with E-state index >= 15 is 0 Å². The molecule has 1 aliphatic rings. The predicted molar refractivity (Wildman–Crippen MR) is 98.2 cm³/mol. The number of ketones is 1. The SMILES string of the molecule is COc1ccc(C(=O)C2CCCN2S(=O)(=O)c2ccc(Cl)nc2)cc1C. The monoisotopic (exact) mass is 394 g/mol. The molecule has 1 saturated heterocycles. The summed E-state index contributed by atoms with van der Waals surface area (Å²) in [4.78, 5) is 16.8. The Labute approximate surface area is 157 Å². The maximum absolute atomic E-state index is 13.0. The van der Waals surface area contributed by atoms with Gasteiger partial charge >= 0.3 is 0 Å². The lowest BCUT2D eigenvalue weighted by atomic mass is 10.0. The molecule has 0 aliphatic carbocycles. The van der Waals surface area contributed by atoms with Crippen LogP contribution >= 0.6 is 11.6 Å². The number of pyridine rings is 1. The average Bonchev–Trinajstić information content (AvgIpc) is 3.12. The molecule has 1 atom stereocenters. The van der Waals surface area contributed by atoms with Crippen LogP contribution in [0.2, 0.25) is 5.15 Å². The van der Waals surface area contributed by atoms with Crippen LogP contribution in [0.3, 0.4) is 0 Å². The molecule has 1 aromatic carbocycles. The quantitative estimate of drug-likeness (QED) is 0.575. The number of carbonyl (C=O) groups excluding carboxylic acids is 1. The fraction of sp³-hybridized carbons (Fsp3) is 0.333. The van der Waals surface area contributed by atoms with Crippen LogP contribution in [0.25, 0.3) is 0 Å². The van der Waals surface area contributed by atoms with Crippen molar-refractivity contribution in [2.45, 2.75) is 30.7 Å². The van der Waals surface area contributed by atoms with Crippen LogP contribution in [0.15, 0.2) is 41.4 Å². The number of aryl methyl sites for hydroxylation is 1. The lowest BCUT2D eigenvalue weighted by Gasteiger charge is -2.23. The van der Waals surface area contributed by atoms with E-state index in [1.54, 1.807) is 25.3 Å². The van der Waals surface area contributed by atoms with Crippen molar-refractivity contribution in [3.63, 3.8) is 0 Å². The van der Waals surface area contributed by atoms with Crippen LogP contribution in [-0.2, 0) is 10.0 Å². The molecule has 0 bridgehead atoms. The largest absolute Gasteiger partial charge is 0.496 e. The summed E-state index contributed by atoms with van der Waals surface area (Å²) < 4.78 is 32.3. The second-order valence-corrected chi connectivity index (χ2v) is 8.42. The van der Waals surface area contributed by atoms with E-state index in [2.05, 4.69) is 4.98 Å². The highest BCUT2D eigenvalue weighted by molar-refractivity contribution is 7.89. The molecule has 2 heterocycles. The van der Waals surface area contributed by atoms with Crippen molar-refractivity contribution in [1.82, 2.24) is 9.29 Å². The molecule has 138 valence electrons. The van der Waals surface area contributed by atoms with Crippen molar-refractivity contribution in [2.75, 3.05) is 13.7 Å². The first-order chi connectivity index (χ1) is 12.3. The van der Waals surface area contributed by atoms with E-state index < -0.39 is 16.1 Å². The summed E-state index contributed by atoms with van der Waals surface area (Å²) in [5, 5.41) is 0.215. The van der Waals surface area contributed by atoms with Crippen molar-refractivity contribution in [3.8, 4) is 5.75 Å². The number of Topliss-reactive ketones (excluding diaryl/α,β-unsaturated/α-hetero) is 1. The summed E-state index contributed by atoms with van der Waals surface area (Å²) >= 11 is 5.74. The van der Waals surface area contributed by atoms with Gasteiger partial charge in [0.15, 0.2) is 5.78 Å². The van der Waals surface area contributed by atoms with Crippen LogP contribution in [-0.4, -0.2) is 43.2 Å². The Morgan fingerprint density at radius 3 is 2.69 bits per heavy atom. The zero-order valence-electron chi connectivity index (χ0n) is 14.5. The molecule has 8 heteroatoms. The highest BCUT2D eigenvalue weighted by Gasteiger charge is 2.39. The number of sulfonamides is 1. The minimum Gasteiger partial charge on any atom is -0.496 e. The van der Waals surface area contributed by atoms with Crippen LogP contribution < -0.4 is 4.74 Å². The van der Waals surface area contributed by atoms with Crippen molar-refractivity contribution in [3.05, 3.63) is 52.8 Å². The Hall–Kier alpha value is -1.96. The molecule has 26 heavy (non-hydrogen) atoms. The Kier molecular flexibility index (Phi) is 5.32. The van der Waals surface area contributed by atoms with Crippen LogP contribution in [0, 0.1) is 6.92 Å². The molecule has 6 nitrogen and oxygen atoms in total. The Balaban J connectivity index is 1.91. The number of hydrogen-bond donors (Lipinski definition) is 0. The van der Waals surface area contributed by atoms with Gasteiger partial charge in [-0.2, -0.15) is 4.31 Å². The first-order valence-electron chi connectivity index (χ1n) is 8.17. The van der Waals surface area contributed by atoms with Gasteiger partial charge in [-0.15, -0.1) is 0 Å². The summed E-state index contributed by atoms with van der Waals surface area (Å²) in [6.45, 7) is 2.15. The smallest absolute Gasteiger partial charge is 0.245 e. The summed E-state index contributed by atoms with van der Waals surface area (Å²) in [5.74, 6) is 0.475. The maximum Gasteiger partial charge on any atom is 0.245 e. The lowest BCUT2D eigenvalue weighted by molar-refractivity contribution is 0.0918. The molecule has 1 fully saturated rings. The molecule has 0 amide bonds. The van der Waals surface area contributed by atoms with Crippen molar-refractivity contribution >= 4 is 27.4 Å². The van der Waals surface area contributed by atoms with Gasteiger partial charge in [0.2, 0.25) is 10.0 Å². The van der Waals surface area contributed by atoms with Crippen LogP contribution in [0.4, 0.5) is 0 Å². The predicted octanol–water partition coefficient (Wildman–Crippen LogP) is 3.09. The molecular formula is C18H19ClN2O4S. The minimum atomic E-state index is -3.81. The van der Waals surface area contributed by atoms with Gasteiger partial charge < -0.3 is 4.74 Å². The van der Waals surface area contributed by atoms with Crippen LogP contribution in [0.5, 0.6) is 5.75 Å². The summed E-state index contributed by atoms with van der Waals surface area (Å²) in [5.41, 5.74) is 1.30. The zero-order chi connectivity index (χ0) is 18.9. The van der Waals surface area contributed by atoms with Crippen molar-refractivity contribution < 1.29 is 17.9 Å². The van der Waals surface area contributed by atoms with E-state index in [-0.39, 0.29) is 15.8 Å². The molecule has 0 N–H and O–H groups in total. The Morgan fingerprint density at radius 1 is 1.31 bits per heavy atom. The molecule has 1 aromatic heterocycles. The van der Waals surface area contributed by atoms with E-state index in [1.807, 2.05) is 6.92 Å². The molecule has 3 rings (SSSR count). The Bertz CT molecular complexity index is 929. The second kappa shape index (κ2) is 7.34. The standard InChI is InChI=1S/C18H19ClN2O4S/c1-12-10-13(5-7-16(12)25-2)18(22)15-4-3-9-21(15)26(23,24)14-6-8-17(19)20-11-14/h5-8,10-11,15H,3-4,9H2,1-2H3. The normalized spacial score (nSPS) is 18.0. The number of halogens is 1. The fourth-order valence-corrected chi connectivity index (χ4v) is 4.88. The number of ether oxygens (including phenoxy) is 1. The van der Waals surface area contributed by atoms with E-state index in [9.17, 15) is 13.2 Å². The van der Waals surface area contributed by atoms with E-state index in [0.29, 0.717) is 30.7 Å². The maximum atomic E-state index is 13.0. The topological polar surface area (TPSA) is 76.6 Å². The van der Waals surface area contributed by atoms with E-state index in [0.717, 1.165) is 5.56 Å².